The van der Waals surface area contributed by atoms with Crippen molar-refractivity contribution in [1.29, 1.82) is 0 Å². The number of nitrogens with two attached hydrogens (primary N) is 1. The van der Waals surface area contributed by atoms with Gasteiger partial charge in [-0.05, 0) is 24.6 Å². The van der Waals surface area contributed by atoms with Gasteiger partial charge in [0, 0.05) is 12.1 Å². The summed E-state index contributed by atoms with van der Waals surface area (Å²) in [6.45, 7) is 2.03. The fraction of sp³-hybridized carbons (Fsp3) is 0.500. The quantitative estimate of drug-likeness (QED) is 0.791. The topological polar surface area (TPSA) is 64.7 Å². The minimum absolute atomic E-state index is 0.146. The zero-order valence-corrected chi connectivity index (χ0v) is 9.99. The van der Waals surface area contributed by atoms with E-state index in [9.17, 15) is 5.11 Å². The lowest BCUT2D eigenvalue weighted by atomic mass is 9.90. The fourth-order valence-electron chi connectivity index (χ4n) is 1.62. The second-order valence-electron chi connectivity index (χ2n) is 3.66. The molecule has 0 bridgehead atoms. The van der Waals surface area contributed by atoms with Gasteiger partial charge in [-0.1, -0.05) is 6.92 Å². The molecule has 1 aromatic carbocycles. The SMILES string of the molecule is CCC(O)(CN)c1cc(OC)ccc1OC. The van der Waals surface area contributed by atoms with Crippen molar-refractivity contribution in [1.82, 2.24) is 0 Å². The van der Waals surface area contributed by atoms with Crippen LogP contribution >= 0.6 is 0 Å². The molecule has 0 amide bonds. The van der Waals surface area contributed by atoms with Crippen LogP contribution in [0.4, 0.5) is 0 Å². The third kappa shape index (κ3) is 2.28. The molecule has 90 valence electrons. The lowest BCUT2D eigenvalue weighted by Gasteiger charge is -2.27. The maximum atomic E-state index is 10.4. The Morgan fingerprint density at radius 1 is 1.31 bits per heavy atom. The minimum Gasteiger partial charge on any atom is -0.497 e. The van der Waals surface area contributed by atoms with E-state index in [0.717, 1.165) is 0 Å². The van der Waals surface area contributed by atoms with Crippen LogP contribution in [0.2, 0.25) is 0 Å². The molecule has 0 aromatic heterocycles. The zero-order valence-electron chi connectivity index (χ0n) is 9.99. The molecule has 0 radical (unpaired) electrons. The van der Waals surface area contributed by atoms with Gasteiger partial charge in [0.15, 0.2) is 0 Å². The van der Waals surface area contributed by atoms with E-state index in [1.807, 2.05) is 6.92 Å². The Balaban J connectivity index is 3.27. The molecule has 0 saturated carbocycles. The smallest absolute Gasteiger partial charge is 0.125 e. The first-order chi connectivity index (χ1) is 7.61. The molecule has 3 N–H and O–H groups in total. The third-order valence-electron chi connectivity index (χ3n) is 2.83. The van der Waals surface area contributed by atoms with Gasteiger partial charge in [-0.3, -0.25) is 0 Å². The van der Waals surface area contributed by atoms with Gasteiger partial charge in [0.25, 0.3) is 0 Å². The summed E-state index contributed by atoms with van der Waals surface area (Å²) in [5.74, 6) is 1.30. The molecule has 4 heteroatoms. The number of methoxy groups -OCH3 is 2. The molecule has 0 aliphatic heterocycles. The highest BCUT2D eigenvalue weighted by Gasteiger charge is 2.29. The van der Waals surface area contributed by atoms with Crippen molar-refractivity contribution in [3.63, 3.8) is 0 Å². The normalized spacial score (nSPS) is 14.3. The largest absolute Gasteiger partial charge is 0.497 e. The third-order valence-corrected chi connectivity index (χ3v) is 2.83. The van der Waals surface area contributed by atoms with E-state index in [0.29, 0.717) is 23.5 Å². The second-order valence-corrected chi connectivity index (χ2v) is 3.66. The first-order valence-corrected chi connectivity index (χ1v) is 5.26. The Labute approximate surface area is 96.0 Å². The molecular weight excluding hydrogens is 206 g/mol. The average Bonchev–Trinajstić information content (AvgIpc) is 2.37. The summed E-state index contributed by atoms with van der Waals surface area (Å²) in [6, 6.07) is 5.31. The molecule has 0 saturated heterocycles. The Morgan fingerprint density at radius 2 is 2.00 bits per heavy atom. The number of aliphatic hydroxyl groups is 1. The number of rotatable bonds is 5. The van der Waals surface area contributed by atoms with Gasteiger partial charge >= 0.3 is 0 Å². The zero-order chi connectivity index (χ0) is 12.2. The van der Waals surface area contributed by atoms with Crippen molar-refractivity contribution >= 4 is 0 Å². The summed E-state index contributed by atoms with van der Waals surface area (Å²) < 4.78 is 10.4. The summed E-state index contributed by atoms with van der Waals surface area (Å²) >= 11 is 0. The van der Waals surface area contributed by atoms with Gasteiger partial charge in [-0.15, -0.1) is 0 Å². The molecule has 0 heterocycles. The number of hydrogen-bond acceptors (Lipinski definition) is 4. The van der Waals surface area contributed by atoms with E-state index < -0.39 is 5.60 Å². The van der Waals surface area contributed by atoms with E-state index in [1.54, 1.807) is 32.4 Å². The molecule has 16 heavy (non-hydrogen) atoms. The first-order valence-electron chi connectivity index (χ1n) is 5.26. The molecular formula is C12H19NO3. The Morgan fingerprint density at radius 3 is 2.44 bits per heavy atom. The van der Waals surface area contributed by atoms with Crippen molar-refractivity contribution in [3.8, 4) is 11.5 Å². The van der Waals surface area contributed by atoms with Crippen molar-refractivity contribution in [2.45, 2.75) is 18.9 Å². The van der Waals surface area contributed by atoms with Crippen LogP contribution in [0, 0.1) is 0 Å². The first kappa shape index (κ1) is 12.8. The van der Waals surface area contributed by atoms with Crippen LogP contribution in [0.15, 0.2) is 18.2 Å². The molecule has 1 unspecified atom stereocenters. The van der Waals surface area contributed by atoms with Crippen molar-refractivity contribution in [2.75, 3.05) is 20.8 Å². The van der Waals surface area contributed by atoms with Crippen molar-refractivity contribution in [2.24, 2.45) is 5.73 Å². The molecule has 1 atom stereocenters. The minimum atomic E-state index is -1.07. The maximum absolute atomic E-state index is 10.4. The highest BCUT2D eigenvalue weighted by Crippen LogP contribution is 2.34. The van der Waals surface area contributed by atoms with Crippen LogP contribution < -0.4 is 15.2 Å². The number of benzene rings is 1. The van der Waals surface area contributed by atoms with E-state index in [1.165, 1.54) is 0 Å². The van der Waals surface area contributed by atoms with Crippen molar-refractivity contribution in [3.05, 3.63) is 23.8 Å². The van der Waals surface area contributed by atoms with Gasteiger partial charge in [0.05, 0.1) is 14.2 Å². The van der Waals surface area contributed by atoms with E-state index in [4.69, 9.17) is 15.2 Å². The molecule has 1 aromatic rings. The van der Waals surface area contributed by atoms with Crippen LogP contribution in [0.5, 0.6) is 11.5 Å². The van der Waals surface area contributed by atoms with Crippen LogP contribution in [-0.2, 0) is 5.60 Å². The highest BCUT2D eigenvalue weighted by molar-refractivity contribution is 5.44. The van der Waals surface area contributed by atoms with Gasteiger partial charge in [0.2, 0.25) is 0 Å². The molecule has 0 aliphatic carbocycles. The molecule has 0 spiro atoms. The fourth-order valence-corrected chi connectivity index (χ4v) is 1.62. The lowest BCUT2D eigenvalue weighted by Crippen LogP contribution is -2.34. The number of hydrogen-bond donors (Lipinski definition) is 2. The van der Waals surface area contributed by atoms with Crippen LogP contribution in [0.25, 0.3) is 0 Å². The number of ether oxygens (including phenoxy) is 2. The van der Waals surface area contributed by atoms with Gasteiger partial charge in [-0.25, -0.2) is 0 Å². The predicted molar refractivity (Wildman–Crippen MR) is 62.8 cm³/mol. The van der Waals surface area contributed by atoms with Crippen molar-refractivity contribution < 1.29 is 14.6 Å². The summed E-state index contributed by atoms with van der Waals surface area (Å²) in [4.78, 5) is 0. The van der Waals surface area contributed by atoms with Crippen LogP contribution in [-0.4, -0.2) is 25.9 Å². The Bertz CT molecular complexity index is 348. The summed E-state index contributed by atoms with van der Waals surface area (Å²) in [5.41, 5.74) is 5.21. The van der Waals surface area contributed by atoms with Crippen LogP contribution in [0.1, 0.15) is 18.9 Å². The molecule has 0 aliphatic rings. The summed E-state index contributed by atoms with van der Waals surface area (Å²) in [7, 11) is 3.15. The van der Waals surface area contributed by atoms with E-state index in [-0.39, 0.29) is 6.54 Å². The van der Waals surface area contributed by atoms with E-state index in [2.05, 4.69) is 0 Å². The summed E-state index contributed by atoms with van der Waals surface area (Å²) in [5, 5.41) is 10.4. The van der Waals surface area contributed by atoms with Gasteiger partial charge in [-0.2, -0.15) is 0 Å². The Hall–Kier alpha value is -1.26. The van der Waals surface area contributed by atoms with Gasteiger partial charge < -0.3 is 20.3 Å². The maximum Gasteiger partial charge on any atom is 0.125 e. The second kappa shape index (κ2) is 5.18. The lowest BCUT2D eigenvalue weighted by molar-refractivity contribution is 0.0392. The van der Waals surface area contributed by atoms with Gasteiger partial charge in [0.1, 0.15) is 17.1 Å². The van der Waals surface area contributed by atoms with E-state index >= 15 is 0 Å². The monoisotopic (exact) mass is 225 g/mol. The molecule has 0 fully saturated rings. The molecule has 1 rings (SSSR count). The average molecular weight is 225 g/mol. The highest BCUT2D eigenvalue weighted by atomic mass is 16.5. The standard InChI is InChI=1S/C12H19NO3/c1-4-12(14,8-13)10-7-9(15-2)5-6-11(10)16-3/h5-7,14H,4,8,13H2,1-3H3. The van der Waals surface area contributed by atoms with Crippen LogP contribution in [0.3, 0.4) is 0 Å². The predicted octanol–water partition coefficient (Wildman–Crippen LogP) is 1.26. The molecule has 4 nitrogen and oxygen atoms in total. The Kier molecular flexibility index (Phi) is 4.15. The summed E-state index contributed by atoms with van der Waals surface area (Å²) in [6.07, 6.45) is 0.521.